The van der Waals surface area contributed by atoms with Crippen LogP contribution in [0.25, 0.3) is 16.1 Å². The summed E-state index contributed by atoms with van der Waals surface area (Å²) < 4.78 is 1.86. The molecular formula is C33H35N9O2S. The van der Waals surface area contributed by atoms with Crippen molar-refractivity contribution in [1.82, 2.24) is 24.3 Å². The number of nitrogens with one attached hydrogen (secondary N) is 2. The van der Waals surface area contributed by atoms with Crippen molar-refractivity contribution in [2.75, 3.05) is 30.3 Å². The van der Waals surface area contributed by atoms with E-state index in [9.17, 15) is 9.59 Å². The highest BCUT2D eigenvalue weighted by Crippen LogP contribution is 2.30. The zero-order chi connectivity index (χ0) is 31.8. The van der Waals surface area contributed by atoms with Crippen molar-refractivity contribution in [2.24, 2.45) is 17.8 Å². The quantitative estimate of drug-likeness (QED) is 0.269. The summed E-state index contributed by atoms with van der Waals surface area (Å²) in [5, 5.41) is 24.4. The van der Waals surface area contributed by atoms with Gasteiger partial charge in [-0.05, 0) is 37.0 Å². The number of thiazole rings is 1. The molecule has 0 radical (unpaired) electrons. The van der Waals surface area contributed by atoms with Crippen molar-refractivity contribution in [2.45, 2.75) is 32.7 Å². The van der Waals surface area contributed by atoms with Crippen LogP contribution in [0.1, 0.15) is 26.7 Å². The Hall–Kier alpha value is -5.20. The third kappa shape index (κ3) is 7.66. The maximum atomic E-state index is 12.5. The fraction of sp³-hybridized carbons (Fsp3) is 0.333. The largest absolute Gasteiger partial charge is 0.310 e. The monoisotopic (exact) mass is 621 g/mol. The number of imidazole rings is 1. The molecule has 2 N–H and O–H groups in total. The van der Waals surface area contributed by atoms with Crippen molar-refractivity contribution < 1.29 is 9.59 Å². The summed E-state index contributed by atoms with van der Waals surface area (Å²) in [6.07, 6.45) is 11.1. The smallest absolute Gasteiger partial charge is 0.231 e. The highest BCUT2D eigenvalue weighted by molar-refractivity contribution is 7.19. The Morgan fingerprint density at radius 3 is 2.36 bits per heavy atom. The molecule has 2 fully saturated rings. The minimum atomic E-state index is -0.165. The lowest BCUT2D eigenvalue weighted by molar-refractivity contribution is -0.121. The third-order valence-electron chi connectivity index (χ3n) is 8.20. The van der Waals surface area contributed by atoms with Gasteiger partial charge in [-0.15, -0.1) is 0 Å². The molecular weight excluding hydrogens is 586 g/mol. The first-order valence-electron chi connectivity index (χ1n) is 14.9. The average molecular weight is 622 g/mol. The molecule has 2 unspecified atom stereocenters. The molecule has 2 saturated heterocycles. The molecule has 2 aliphatic rings. The van der Waals surface area contributed by atoms with Crippen molar-refractivity contribution in [1.29, 1.82) is 10.5 Å². The van der Waals surface area contributed by atoms with E-state index in [1.165, 1.54) is 11.3 Å². The van der Waals surface area contributed by atoms with Gasteiger partial charge in [0.25, 0.3) is 0 Å². The van der Waals surface area contributed by atoms with E-state index in [4.69, 9.17) is 10.5 Å². The first-order valence-corrected chi connectivity index (χ1v) is 15.7. The van der Waals surface area contributed by atoms with E-state index in [0.29, 0.717) is 37.0 Å². The number of amides is 2. The summed E-state index contributed by atoms with van der Waals surface area (Å²) in [7, 11) is 0. The van der Waals surface area contributed by atoms with E-state index in [1.54, 1.807) is 28.5 Å². The Labute approximate surface area is 266 Å². The summed E-state index contributed by atoms with van der Waals surface area (Å²) in [6.45, 7) is 5.65. The normalized spacial score (nSPS) is 20.4. The summed E-state index contributed by atoms with van der Waals surface area (Å²) in [5.41, 5.74) is 2.08. The van der Waals surface area contributed by atoms with E-state index in [0.717, 1.165) is 22.5 Å². The lowest BCUT2D eigenvalue weighted by Gasteiger charge is -2.14. The standard InChI is InChI=1S/C17H19N5O.C16H16N4OS/c1-2-13-8-21(11-18)9-15(13)17(23)20-16-10-22(12-19-16)14-6-4-3-5-7-14;1-11-7-13(9-20(11)10-17)15(21)19-16-18-8-14(22-16)12-5-3-2-4-6-12/h3-7,10,12-13,15H,2,8-9H2,1H3,(H,20,23);2-6,8,11,13H,7,9H2,1H3,(H,18,19,21)/t13-,15-;/m1./s1. The van der Waals surface area contributed by atoms with Crippen LogP contribution in [-0.4, -0.2) is 61.8 Å². The predicted octanol–water partition coefficient (Wildman–Crippen LogP) is 5.19. The molecule has 0 bridgehead atoms. The lowest BCUT2D eigenvalue weighted by Crippen LogP contribution is -2.28. The van der Waals surface area contributed by atoms with E-state index < -0.39 is 0 Å². The number of aromatic nitrogens is 3. The van der Waals surface area contributed by atoms with Crippen molar-refractivity contribution >= 4 is 34.1 Å². The second kappa shape index (κ2) is 14.5. The van der Waals surface area contributed by atoms with Crippen LogP contribution < -0.4 is 10.6 Å². The fourth-order valence-corrected chi connectivity index (χ4v) is 6.47. The van der Waals surface area contributed by atoms with Crippen LogP contribution in [0.15, 0.2) is 79.4 Å². The topological polar surface area (TPSA) is 143 Å². The molecule has 6 rings (SSSR count). The maximum Gasteiger partial charge on any atom is 0.231 e. The molecule has 4 heterocycles. The summed E-state index contributed by atoms with van der Waals surface area (Å²) in [6, 6.07) is 19.9. The number of hydrogen-bond acceptors (Lipinski definition) is 9. The van der Waals surface area contributed by atoms with Gasteiger partial charge in [-0.25, -0.2) is 9.97 Å². The van der Waals surface area contributed by atoms with Gasteiger partial charge in [0.05, 0.1) is 22.9 Å². The molecule has 2 amide bonds. The Kier molecular flexibility index (Phi) is 10.1. The number of carbonyl (C=O) groups excluding carboxylic acids is 2. The molecule has 12 heteroatoms. The van der Waals surface area contributed by atoms with Gasteiger partial charge in [-0.3, -0.25) is 9.59 Å². The van der Waals surface area contributed by atoms with Crippen LogP contribution in [0.4, 0.5) is 10.9 Å². The number of rotatable bonds is 7. The molecule has 2 aromatic carbocycles. The van der Waals surface area contributed by atoms with Crippen LogP contribution in [-0.2, 0) is 9.59 Å². The Morgan fingerprint density at radius 2 is 1.69 bits per heavy atom. The number of nitrogens with zero attached hydrogens (tertiary/aromatic N) is 7. The number of anilines is 2. The zero-order valence-electron chi connectivity index (χ0n) is 25.2. The van der Waals surface area contributed by atoms with Gasteiger partial charge in [0, 0.05) is 37.6 Å². The molecule has 0 aliphatic carbocycles. The minimum Gasteiger partial charge on any atom is -0.310 e. The molecule has 0 saturated carbocycles. The first kappa shape index (κ1) is 31.2. The zero-order valence-corrected chi connectivity index (χ0v) is 26.0. The SMILES string of the molecule is CC1CC(C(=O)Nc2ncc(-c3ccccc3)s2)CN1C#N.CC[C@@H]1CN(C#N)C[C@H]1C(=O)Nc1cn(-c2ccccc2)cn1. The van der Waals surface area contributed by atoms with Crippen LogP contribution >= 0.6 is 11.3 Å². The van der Waals surface area contributed by atoms with Gasteiger partial charge in [0.2, 0.25) is 11.8 Å². The predicted molar refractivity (Wildman–Crippen MR) is 173 cm³/mol. The Balaban J connectivity index is 0.000000178. The minimum absolute atomic E-state index is 0.0569. The molecule has 230 valence electrons. The number of hydrogen-bond donors (Lipinski definition) is 2. The van der Waals surface area contributed by atoms with Gasteiger partial charge >= 0.3 is 0 Å². The van der Waals surface area contributed by atoms with Gasteiger partial charge in [-0.1, -0.05) is 73.2 Å². The molecule has 4 atom stereocenters. The van der Waals surface area contributed by atoms with Crippen LogP contribution in [0.3, 0.4) is 0 Å². The van der Waals surface area contributed by atoms with E-state index in [-0.39, 0.29) is 35.6 Å². The molecule has 2 aliphatic heterocycles. The highest BCUT2D eigenvalue weighted by atomic mass is 32.1. The lowest BCUT2D eigenvalue weighted by atomic mass is 9.93. The molecule has 4 aromatic rings. The fourth-order valence-electron chi connectivity index (χ4n) is 5.65. The van der Waals surface area contributed by atoms with Gasteiger partial charge in [-0.2, -0.15) is 10.5 Å². The van der Waals surface area contributed by atoms with Gasteiger partial charge < -0.3 is 25.0 Å². The molecule has 0 spiro atoms. The number of nitriles is 2. The number of para-hydroxylation sites is 1. The number of benzene rings is 2. The van der Waals surface area contributed by atoms with Crippen LogP contribution in [0, 0.1) is 40.7 Å². The second-order valence-electron chi connectivity index (χ2n) is 11.2. The van der Waals surface area contributed by atoms with E-state index in [2.05, 4.69) is 39.9 Å². The molecule has 2 aromatic heterocycles. The second-order valence-corrected chi connectivity index (χ2v) is 12.2. The Bertz CT molecular complexity index is 1680. The van der Waals surface area contributed by atoms with E-state index in [1.807, 2.05) is 72.2 Å². The highest BCUT2D eigenvalue weighted by Gasteiger charge is 2.36. The van der Waals surface area contributed by atoms with Crippen molar-refractivity contribution in [3.63, 3.8) is 0 Å². The summed E-state index contributed by atoms with van der Waals surface area (Å²) in [4.78, 5) is 37.6. The van der Waals surface area contributed by atoms with Crippen molar-refractivity contribution in [3.05, 3.63) is 79.4 Å². The maximum absolute atomic E-state index is 12.5. The van der Waals surface area contributed by atoms with Gasteiger partial charge in [0.1, 0.15) is 6.33 Å². The number of carbonyl (C=O) groups is 2. The van der Waals surface area contributed by atoms with E-state index >= 15 is 0 Å². The van der Waals surface area contributed by atoms with Crippen molar-refractivity contribution in [3.8, 4) is 28.5 Å². The summed E-state index contributed by atoms with van der Waals surface area (Å²) >= 11 is 1.46. The molecule has 11 nitrogen and oxygen atoms in total. The van der Waals surface area contributed by atoms with Gasteiger partial charge in [0.15, 0.2) is 23.3 Å². The molecule has 45 heavy (non-hydrogen) atoms. The first-order chi connectivity index (χ1) is 21.9. The Morgan fingerprint density at radius 1 is 0.956 bits per heavy atom. The van der Waals surface area contributed by atoms with Crippen LogP contribution in [0.2, 0.25) is 0 Å². The third-order valence-corrected chi connectivity index (χ3v) is 9.16. The average Bonchev–Trinajstić information content (AvgIpc) is 3.88. The number of likely N-dealkylation sites (tertiary alicyclic amines) is 2. The van der Waals surface area contributed by atoms with Crippen LogP contribution in [0.5, 0.6) is 0 Å². The summed E-state index contributed by atoms with van der Waals surface area (Å²) in [5.74, 6) is 0.307.